The van der Waals surface area contributed by atoms with Gasteiger partial charge in [0.2, 0.25) is 11.8 Å². The van der Waals surface area contributed by atoms with Crippen LogP contribution in [0.2, 0.25) is 15.1 Å². The second-order valence-electron chi connectivity index (χ2n) is 25.6. The molecular formula is C70H66Cl3F3N14O7S3. The first-order valence-electron chi connectivity index (χ1n) is 32.6. The highest BCUT2D eigenvalue weighted by Crippen LogP contribution is 2.39. The molecule has 11 aromatic rings. The van der Waals surface area contributed by atoms with Crippen LogP contribution in [-0.2, 0) is 53.3 Å². The van der Waals surface area contributed by atoms with Crippen LogP contribution >= 0.6 is 34.8 Å². The number of hydrogen-bond donors (Lipinski definition) is 1. The number of H-pyrrole nitrogens is 1. The number of aryl methyl sites for hydroxylation is 2. The number of pyridine rings is 3. The number of amides is 2. The van der Waals surface area contributed by atoms with Crippen LogP contribution in [0.25, 0.3) is 67.3 Å². The lowest BCUT2D eigenvalue weighted by Gasteiger charge is -2.35. The van der Waals surface area contributed by atoms with Gasteiger partial charge in [-0.2, -0.15) is 0 Å². The van der Waals surface area contributed by atoms with Gasteiger partial charge in [0, 0.05) is 114 Å². The quantitative estimate of drug-likeness (QED) is 0.0991. The topological polar surface area (TPSA) is 268 Å². The van der Waals surface area contributed by atoms with Gasteiger partial charge in [-0.3, -0.25) is 13.8 Å². The summed E-state index contributed by atoms with van der Waals surface area (Å²) in [6, 6.07) is 18.4. The molecule has 4 aliphatic rings. The van der Waals surface area contributed by atoms with Crippen molar-refractivity contribution in [2.75, 3.05) is 19.3 Å². The summed E-state index contributed by atoms with van der Waals surface area (Å²) in [6.07, 6.45) is 25.2. The predicted molar refractivity (Wildman–Crippen MR) is 374 cm³/mol. The molecule has 2 aliphatic heterocycles. The van der Waals surface area contributed by atoms with Crippen molar-refractivity contribution in [2.45, 2.75) is 131 Å². The number of halogens is 6. The summed E-state index contributed by atoms with van der Waals surface area (Å²) in [7, 11) is -9.69. The second-order valence-corrected chi connectivity index (χ2v) is 31.8. The van der Waals surface area contributed by atoms with Crippen LogP contribution in [0.5, 0.6) is 0 Å². The van der Waals surface area contributed by atoms with Crippen LogP contribution in [0.3, 0.4) is 0 Å². The smallest absolute Gasteiger partial charge is 0.269 e. The average molecular weight is 1470 g/mol. The SMILES string of the molecule is Cc1ccc(S(=O)(=O)n2cc(-c3ncc(F)c(C[C@H]4CCC[C@@H](N5CCCC5=O)C4)n3)c3cc(Cl)cnc32)cc1.Cc1ccc(S(=O)(=O)n2cc(-c3ncc(F)c(S(C)=O)n3)c3cc(Cl)cnc32)cc1.O=C1CCCN1[C@@H]1CCC[C@H](Cc2nc(-c3c[nH]c4ncc(Cl)cc34)ncc2F)C1. The molecule has 2 aromatic carbocycles. The van der Waals surface area contributed by atoms with Gasteiger partial charge in [0.25, 0.3) is 20.0 Å². The van der Waals surface area contributed by atoms with E-state index in [-0.39, 0.29) is 89.7 Å². The van der Waals surface area contributed by atoms with E-state index in [1.54, 1.807) is 60.9 Å². The summed E-state index contributed by atoms with van der Waals surface area (Å²) in [4.78, 5) is 70.1. The molecule has 518 valence electrons. The van der Waals surface area contributed by atoms with Crippen LogP contribution < -0.4 is 0 Å². The molecular weight excluding hydrogens is 1410 g/mol. The number of nitrogens with one attached hydrogen (secondary N) is 1. The van der Waals surface area contributed by atoms with Crippen molar-refractivity contribution < 1.29 is 43.8 Å². The average Bonchev–Trinajstić information content (AvgIpc) is 1.60. The fourth-order valence-electron chi connectivity index (χ4n) is 13.8. The maximum absolute atomic E-state index is 15.0. The number of carbonyl (C=O) groups excluding carboxylic acids is 2. The molecule has 2 aliphatic carbocycles. The molecule has 1 N–H and O–H groups in total. The van der Waals surface area contributed by atoms with E-state index < -0.39 is 42.5 Å². The third kappa shape index (κ3) is 14.6. The summed E-state index contributed by atoms with van der Waals surface area (Å²) >= 11 is 18.4. The number of aromatic amines is 1. The Labute approximate surface area is 591 Å². The highest BCUT2D eigenvalue weighted by Gasteiger charge is 2.35. The highest BCUT2D eigenvalue weighted by molar-refractivity contribution is 7.90. The van der Waals surface area contributed by atoms with E-state index >= 15 is 4.39 Å². The molecule has 5 atom stereocenters. The van der Waals surface area contributed by atoms with E-state index in [1.165, 1.54) is 55.4 Å². The van der Waals surface area contributed by atoms with Gasteiger partial charge >= 0.3 is 0 Å². The number of rotatable bonds is 14. The van der Waals surface area contributed by atoms with E-state index in [0.29, 0.717) is 75.1 Å². The summed E-state index contributed by atoms with van der Waals surface area (Å²) in [6.45, 7) is 5.39. The van der Waals surface area contributed by atoms with Gasteiger partial charge in [-0.25, -0.2) is 82.8 Å². The minimum Gasteiger partial charge on any atom is -0.345 e. The Kier molecular flexibility index (Phi) is 20.4. The zero-order valence-corrected chi connectivity index (χ0v) is 59.1. The maximum atomic E-state index is 15.0. The number of benzene rings is 2. The zero-order chi connectivity index (χ0) is 70.3. The van der Waals surface area contributed by atoms with Crippen LogP contribution in [0.15, 0.2) is 137 Å². The molecule has 2 amide bonds. The standard InChI is InChI=1S/C29H29ClFN5O3S.C22H23ClFN5O.C19H14ClFN4O3S2/c1-18-7-9-22(10-8-18)40(38,39)36-17-24(23-14-20(30)15-33-29(23)36)28-32-16-25(31)26(34-28)13-19-4-2-5-21(12-19)35-11-3-6-27(35)37;23-14-9-16-17(11-26-21(16)25-10-14)22-27-12-18(24)19(28-22)8-13-3-1-4-15(7-13)29-6-2-5-20(29)30;1-11-3-5-13(6-4-11)30(27,28)25-10-15(14-7-12(20)8-23-18(14)25)17-22-9-16(21)19(24-17)29(2)26/h7-10,14-17,19,21H,2-6,11-13H2,1H3;9-13,15H,1-8H2,(H,25,26);3-10H,1-2H3/t19-,21+;13-,15+;/m00./s1. The number of aromatic nitrogens is 12. The highest BCUT2D eigenvalue weighted by atomic mass is 35.5. The first-order chi connectivity index (χ1) is 48.0. The van der Waals surface area contributed by atoms with E-state index in [4.69, 9.17) is 34.8 Å². The molecule has 15 rings (SSSR count). The number of likely N-dealkylation sites (tertiary alicyclic amines) is 2. The number of nitrogens with zero attached hydrogens (tertiary/aromatic N) is 13. The summed E-state index contributed by atoms with van der Waals surface area (Å²) in [5.41, 5.74) is 4.96. The van der Waals surface area contributed by atoms with E-state index in [9.17, 15) is 39.4 Å². The summed E-state index contributed by atoms with van der Waals surface area (Å²) in [5, 5.41) is 2.46. The van der Waals surface area contributed by atoms with Gasteiger partial charge in [-0.1, -0.05) is 83.0 Å². The normalized spacial score (nSPS) is 18.5. The molecule has 0 bridgehead atoms. The lowest BCUT2D eigenvalue weighted by molar-refractivity contribution is -0.131. The molecule has 2 saturated heterocycles. The number of fused-ring (bicyclic) bond motifs is 3. The lowest BCUT2D eigenvalue weighted by Crippen LogP contribution is -2.40. The van der Waals surface area contributed by atoms with Gasteiger partial charge in [0.15, 0.2) is 51.2 Å². The fourth-order valence-corrected chi connectivity index (χ4v) is 17.5. The molecule has 0 radical (unpaired) electrons. The van der Waals surface area contributed by atoms with Crippen molar-refractivity contribution in [3.63, 3.8) is 0 Å². The van der Waals surface area contributed by atoms with Crippen LogP contribution in [0.4, 0.5) is 13.2 Å². The Balaban J connectivity index is 0.000000137. The van der Waals surface area contributed by atoms with Gasteiger partial charge in [-0.15, -0.1) is 0 Å². The van der Waals surface area contributed by atoms with Crippen molar-refractivity contribution in [1.29, 1.82) is 0 Å². The van der Waals surface area contributed by atoms with Gasteiger partial charge < -0.3 is 14.8 Å². The first kappa shape index (κ1) is 69.9. The minimum absolute atomic E-state index is 0.00789. The third-order valence-electron chi connectivity index (χ3n) is 18.7. The van der Waals surface area contributed by atoms with Crippen molar-refractivity contribution >= 4 is 111 Å². The van der Waals surface area contributed by atoms with E-state index in [2.05, 4.69) is 49.8 Å². The summed E-state index contributed by atoms with van der Waals surface area (Å²) in [5.74, 6) is -0.0516. The first-order valence-corrected chi connectivity index (χ1v) is 38.1. The second kappa shape index (κ2) is 29.2. The Bertz CT molecular complexity index is 5240. The van der Waals surface area contributed by atoms with Crippen LogP contribution in [-0.4, -0.2) is 132 Å². The number of carbonyl (C=O) groups is 2. The molecule has 4 fully saturated rings. The molecule has 21 nitrogen and oxygen atoms in total. The van der Waals surface area contributed by atoms with Gasteiger partial charge in [0.05, 0.1) is 65.6 Å². The molecule has 0 spiro atoms. The number of hydrogen-bond acceptors (Lipinski definition) is 16. The zero-order valence-electron chi connectivity index (χ0n) is 54.3. The third-order valence-corrected chi connectivity index (χ3v) is 23.5. The largest absolute Gasteiger partial charge is 0.345 e. The molecule has 30 heteroatoms. The van der Waals surface area contributed by atoms with Crippen LogP contribution in [0.1, 0.15) is 99.6 Å². The monoisotopic (exact) mass is 1470 g/mol. The molecule has 100 heavy (non-hydrogen) atoms. The van der Waals surface area contributed by atoms with Gasteiger partial charge in [0.1, 0.15) is 5.65 Å². The van der Waals surface area contributed by atoms with Crippen molar-refractivity contribution in [3.8, 4) is 34.2 Å². The Morgan fingerprint density at radius 1 is 0.530 bits per heavy atom. The van der Waals surface area contributed by atoms with Crippen molar-refractivity contribution in [1.82, 2.24) is 67.6 Å². The van der Waals surface area contributed by atoms with E-state index in [1.807, 2.05) is 23.6 Å². The Morgan fingerprint density at radius 3 is 1.39 bits per heavy atom. The lowest BCUT2D eigenvalue weighted by atomic mass is 9.82. The Hall–Kier alpha value is -8.60. The molecule has 9 aromatic heterocycles. The minimum atomic E-state index is -4.00. The fraction of sp³-hybridized carbons (Fsp3) is 0.329. The van der Waals surface area contributed by atoms with Crippen molar-refractivity contribution in [3.05, 3.63) is 178 Å². The Morgan fingerprint density at radius 2 is 0.950 bits per heavy atom. The van der Waals surface area contributed by atoms with E-state index in [0.717, 1.165) is 120 Å². The molecule has 11 heterocycles. The summed E-state index contributed by atoms with van der Waals surface area (Å²) < 4.78 is 111. The van der Waals surface area contributed by atoms with Crippen LogP contribution in [0, 0.1) is 43.1 Å². The molecule has 1 unspecified atom stereocenters. The molecule has 2 saturated carbocycles. The maximum Gasteiger partial charge on any atom is 0.269 e. The predicted octanol–water partition coefficient (Wildman–Crippen LogP) is 13.7. The van der Waals surface area contributed by atoms with Crippen molar-refractivity contribution in [2.24, 2.45) is 11.8 Å². The van der Waals surface area contributed by atoms with Gasteiger partial charge in [-0.05, 0) is 132 Å².